The summed E-state index contributed by atoms with van der Waals surface area (Å²) in [6.07, 6.45) is 3.73. The van der Waals surface area contributed by atoms with Crippen molar-refractivity contribution in [2.24, 2.45) is 5.92 Å². The molecule has 0 aromatic carbocycles. The number of hydrogen-bond acceptors (Lipinski definition) is 5. The number of aliphatic carboxylic acids is 1. The molecule has 25 heavy (non-hydrogen) atoms. The quantitative estimate of drug-likeness (QED) is 0.615. The van der Waals surface area contributed by atoms with Crippen LogP contribution in [0.25, 0.3) is 11.2 Å². The Morgan fingerprint density at radius 1 is 1.40 bits per heavy atom. The molecular formula is C16H21Cl2N3O4. The van der Waals surface area contributed by atoms with Crippen LogP contribution in [0.4, 0.5) is 0 Å². The van der Waals surface area contributed by atoms with E-state index in [0.29, 0.717) is 34.2 Å². The van der Waals surface area contributed by atoms with Crippen LogP contribution in [0.3, 0.4) is 0 Å². The predicted octanol–water partition coefficient (Wildman–Crippen LogP) is 3.53. The Hall–Kier alpha value is -1.41. The van der Waals surface area contributed by atoms with Gasteiger partial charge in [-0.05, 0) is 39.2 Å². The van der Waals surface area contributed by atoms with E-state index in [1.165, 1.54) is 7.11 Å². The second kappa shape index (κ2) is 7.86. The van der Waals surface area contributed by atoms with Crippen LogP contribution < -0.4 is 0 Å². The molecule has 1 fully saturated rings. The molecule has 0 spiro atoms. The minimum Gasteiger partial charge on any atom is -0.481 e. The van der Waals surface area contributed by atoms with Crippen LogP contribution >= 0.6 is 23.2 Å². The zero-order chi connectivity index (χ0) is 18.8. The zero-order valence-corrected chi connectivity index (χ0v) is 15.8. The lowest BCUT2D eigenvalue weighted by atomic mass is 10.1. The van der Waals surface area contributed by atoms with Gasteiger partial charge in [0.2, 0.25) is 0 Å². The molecule has 1 saturated carbocycles. The molecule has 138 valence electrons. The van der Waals surface area contributed by atoms with Crippen LogP contribution in [0.2, 0.25) is 10.2 Å². The third-order valence-electron chi connectivity index (χ3n) is 4.10. The van der Waals surface area contributed by atoms with Crippen molar-refractivity contribution in [3.63, 3.8) is 0 Å². The molecule has 2 heterocycles. The summed E-state index contributed by atoms with van der Waals surface area (Å²) in [6, 6.07) is 1.64. The largest absolute Gasteiger partial charge is 0.481 e. The van der Waals surface area contributed by atoms with Crippen molar-refractivity contribution >= 4 is 40.3 Å². The zero-order valence-electron chi connectivity index (χ0n) is 14.2. The van der Waals surface area contributed by atoms with Crippen LogP contribution in [-0.4, -0.2) is 43.6 Å². The van der Waals surface area contributed by atoms with Gasteiger partial charge in [0.1, 0.15) is 10.7 Å². The number of carbonyl (C=O) groups is 1. The Bertz CT molecular complexity index is 758. The molecule has 2 aromatic heterocycles. The van der Waals surface area contributed by atoms with Gasteiger partial charge in [-0.15, -0.1) is 0 Å². The van der Waals surface area contributed by atoms with Crippen molar-refractivity contribution in [3.05, 3.63) is 22.6 Å². The van der Waals surface area contributed by atoms with Crippen molar-refractivity contribution < 1.29 is 19.7 Å². The van der Waals surface area contributed by atoms with E-state index in [2.05, 4.69) is 14.7 Å². The van der Waals surface area contributed by atoms with Gasteiger partial charge in [-0.25, -0.2) is 9.97 Å². The predicted molar refractivity (Wildman–Crippen MR) is 94.9 cm³/mol. The molecule has 3 rings (SSSR count). The lowest BCUT2D eigenvalue weighted by Gasteiger charge is -2.12. The normalized spacial score (nSPS) is 20.4. The summed E-state index contributed by atoms with van der Waals surface area (Å²) in [5.74, 6) is -1.99. The first-order valence-corrected chi connectivity index (χ1v) is 8.57. The average Bonchev–Trinajstić information content (AvgIpc) is 3.13. The number of pyridine rings is 1. The summed E-state index contributed by atoms with van der Waals surface area (Å²) >= 11 is 12.0. The van der Waals surface area contributed by atoms with Crippen molar-refractivity contribution in [2.45, 2.75) is 44.9 Å². The molecule has 1 aliphatic rings. The number of carboxylic acids is 1. The number of rotatable bonds is 3. The Morgan fingerprint density at radius 2 is 2.04 bits per heavy atom. The molecule has 9 heteroatoms. The maximum absolute atomic E-state index is 11.0. The van der Waals surface area contributed by atoms with E-state index in [1.807, 2.05) is 4.57 Å². The van der Waals surface area contributed by atoms with Crippen LogP contribution in [0, 0.1) is 5.92 Å². The first-order chi connectivity index (χ1) is 11.6. The number of imidazole rings is 1. The van der Waals surface area contributed by atoms with E-state index in [-0.39, 0.29) is 12.0 Å². The molecule has 0 amide bonds. The molecule has 2 N–H and O–H groups in total. The number of aliphatic hydroxyl groups is 1. The number of aromatic nitrogens is 3. The number of carboxylic acid groups (broad SMARTS) is 1. The number of methoxy groups -OCH3 is 1. The fourth-order valence-corrected chi connectivity index (χ4v) is 3.12. The van der Waals surface area contributed by atoms with Crippen LogP contribution in [0.15, 0.2) is 12.4 Å². The molecule has 0 bridgehead atoms. The lowest BCUT2D eigenvalue weighted by Crippen LogP contribution is -2.20. The van der Waals surface area contributed by atoms with E-state index in [0.717, 1.165) is 6.42 Å². The minimum atomic E-state index is -0.958. The molecule has 2 atom stereocenters. The van der Waals surface area contributed by atoms with Gasteiger partial charge in [0.05, 0.1) is 17.3 Å². The highest BCUT2D eigenvalue weighted by atomic mass is 35.5. The van der Waals surface area contributed by atoms with Gasteiger partial charge in [0, 0.05) is 13.2 Å². The third kappa shape index (κ3) is 5.04. The highest BCUT2D eigenvalue weighted by molar-refractivity contribution is 6.37. The van der Waals surface area contributed by atoms with Gasteiger partial charge in [-0.1, -0.05) is 23.2 Å². The van der Waals surface area contributed by atoms with Gasteiger partial charge in [0.15, 0.2) is 11.4 Å². The molecule has 7 nitrogen and oxygen atoms in total. The van der Waals surface area contributed by atoms with Crippen LogP contribution in [0.1, 0.15) is 39.2 Å². The Kier molecular flexibility index (Phi) is 6.26. The molecule has 0 radical (unpaired) electrons. The van der Waals surface area contributed by atoms with Crippen molar-refractivity contribution in [1.82, 2.24) is 14.5 Å². The van der Waals surface area contributed by atoms with Crippen LogP contribution in [-0.2, 0) is 9.53 Å². The maximum Gasteiger partial charge on any atom is 0.306 e. The Morgan fingerprint density at radius 3 is 2.56 bits per heavy atom. The molecule has 2 aromatic rings. The minimum absolute atomic E-state index is 0.0909. The summed E-state index contributed by atoms with van der Waals surface area (Å²) in [5.41, 5.74) is 1.22. The second-order valence-electron chi connectivity index (χ2n) is 6.40. The van der Waals surface area contributed by atoms with Gasteiger partial charge in [-0.2, -0.15) is 0 Å². The van der Waals surface area contributed by atoms with Gasteiger partial charge in [-0.3, -0.25) is 4.79 Å². The number of halogens is 2. The Labute approximate surface area is 155 Å². The lowest BCUT2D eigenvalue weighted by molar-refractivity contribution is -0.155. The number of nitrogens with zero attached hydrogens (tertiary/aromatic N) is 3. The maximum atomic E-state index is 11.0. The summed E-state index contributed by atoms with van der Waals surface area (Å²) in [7, 11) is 1.46. The fourth-order valence-electron chi connectivity index (χ4n) is 2.64. The van der Waals surface area contributed by atoms with Crippen molar-refractivity contribution in [3.8, 4) is 0 Å². The van der Waals surface area contributed by atoms with E-state index < -0.39 is 11.8 Å². The summed E-state index contributed by atoms with van der Waals surface area (Å²) in [6.45, 7) is 3.15. The Balaban J connectivity index is 0.000000326. The van der Waals surface area contributed by atoms with E-state index in [1.54, 1.807) is 26.2 Å². The molecule has 2 unspecified atom stereocenters. The SMILES string of the molecule is COC(C)(C)O.O=C(O)C1CCC(n2cnc3c(Cl)cc(Cl)nc32)C1. The van der Waals surface area contributed by atoms with E-state index >= 15 is 0 Å². The van der Waals surface area contributed by atoms with Crippen molar-refractivity contribution in [2.75, 3.05) is 7.11 Å². The smallest absolute Gasteiger partial charge is 0.306 e. The highest BCUT2D eigenvalue weighted by Crippen LogP contribution is 2.37. The molecular weight excluding hydrogens is 369 g/mol. The fraction of sp³-hybridized carbons (Fsp3) is 0.562. The summed E-state index contributed by atoms with van der Waals surface area (Å²) in [4.78, 5) is 19.5. The second-order valence-corrected chi connectivity index (χ2v) is 7.20. The number of hydrogen-bond donors (Lipinski definition) is 2. The van der Waals surface area contributed by atoms with Gasteiger partial charge < -0.3 is 19.5 Å². The topological polar surface area (TPSA) is 97.5 Å². The average molecular weight is 390 g/mol. The first kappa shape index (κ1) is 19.9. The standard InChI is InChI=1S/C12H11Cl2N3O2.C4H10O2/c13-8-4-9(14)16-11-10(8)15-5-17(11)7-2-1-6(3-7)12(18)19;1-4(2,5)6-3/h4-7H,1-3H2,(H,18,19);5H,1-3H3. The molecule has 0 saturated heterocycles. The molecule has 0 aliphatic heterocycles. The van der Waals surface area contributed by atoms with Gasteiger partial charge in [0.25, 0.3) is 0 Å². The number of fused-ring (bicyclic) bond motifs is 1. The monoisotopic (exact) mass is 389 g/mol. The summed E-state index contributed by atoms with van der Waals surface area (Å²) in [5, 5.41) is 18.4. The van der Waals surface area contributed by atoms with Gasteiger partial charge >= 0.3 is 5.97 Å². The summed E-state index contributed by atoms with van der Waals surface area (Å²) < 4.78 is 6.38. The molecule has 1 aliphatic carbocycles. The van der Waals surface area contributed by atoms with Crippen molar-refractivity contribution in [1.29, 1.82) is 0 Å². The first-order valence-electron chi connectivity index (χ1n) is 7.81. The van der Waals surface area contributed by atoms with Crippen LogP contribution in [0.5, 0.6) is 0 Å². The third-order valence-corrected chi connectivity index (χ3v) is 4.58. The highest BCUT2D eigenvalue weighted by Gasteiger charge is 2.31. The number of ether oxygens (including phenoxy) is 1. The van der Waals surface area contributed by atoms with E-state index in [9.17, 15) is 4.79 Å². The van der Waals surface area contributed by atoms with E-state index in [4.69, 9.17) is 33.4 Å².